The van der Waals surface area contributed by atoms with Crippen LogP contribution in [0.5, 0.6) is 0 Å². The standard InChI is InChI=1S/C13H17BrN2O4/c1-3-8(2)12(13(19)20)15-10(17)7-16-6-9(14)4-5-11(16)18/h4-6,8,12H,3,7H2,1-2H3,(H,15,17)(H,19,20). The molecule has 2 atom stereocenters. The van der Waals surface area contributed by atoms with E-state index in [9.17, 15) is 14.4 Å². The molecular weight excluding hydrogens is 328 g/mol. The number of rotatable bonds is 6. The number of hydrogen-bond donors (Lipinski definition) is 2. The fourth-order valence-electron chi connectivity index (χ4n) is 1.68. The van der Waals surface area contributed by atoms with Gasteiger partial charge in [0.2, 0.25) is 5.91 Å². The maximum absolute atomic E-state index is 11.9. The molecule has 20 heavy (non-hydrogen) atoms. The Labute approximate surface area is 124 Å². The molecule has 0 bridgehead atoms. The van der Waals surface area contributed by atoms with Gasteiger partial charge in [0.15, 0.2) is 0 Å². The van der Waals surface area contributed by atoms with E-state index in [-0.39, 0.29) is 18.0 Å². The highest BCUT2D eigenvalue weighted by molar-refractivity contribution is 9.10. The van der Waals surface area contributed by atoms with E-state index < -0.39 is 17.9 Å². The molecule has 1 aromatic heterocycles. The van der Waals surface area contributed by atoms with Crippen LogP contribution in [0.1, 0.15) is 20.3 Å². The van der Waals surface area contributed by atoms with Crippen molar-refractivity contribution < 1.29 is 14.7 Å². The van der Waals surface area contributed by atoms with Crippen molar-refractivity contribution in [2.45, 2.75) is 32.9 Å². The molecule has 6 nitrogen and oxygen atoms in total. The summed E-state index contributed by atoms with van der Waals surface area (Å²) in [5, 5.41) is 11.5. The van der Waals surface area contributed by atoms with E-state index in [1.165, 1.54) is 16.8 Å². The Hall–Kier alpha value is -1.63. The van der Waals surface area contributed by atoms with Crippen LogP contribution >= 0.6 is 15.9 Å². The fraction of sp³-hybridized carbons (Fsp3) is 0.462. The van der Waals surface area contributed by atoms with Crippen LogP contribution in [0.15, 0.2) is 27.6 Å². The molecule has 110 valence electrons. The van der Waals surface area contributed by atoms with Crippen LogP contribution in [-0.4, -0.2) is 27.6 Å². The Morgan fingerprint density at radius 1 is 1.45 bits per heavy atom. The molecule has 0 aliphatic heterocycles. The van der Waals surface area contributed by atoms with Crippen molar-refractivity contribution in [2.24, 2.45) is 5.92 Å². The Morgan fingerprint density at radius 2 is 2.10 bits per heavy atom. The van der Waals surface area contributed by atoms with Crippen molar-refractivity contribution in [3.8, 4) is 0 Å². The van der Waals surface area contributed by atoms with Crippen LogP contribution < -0.4 is 10.9 Å². The average Bonchev–Trinajstić information content (AvgIpc) is 2.39. The predicted octanol–water partition coefficient (Wildman–Crippen LogP) is 1.23. The molecule has 1 amide bonds. The highest BCUT2D eigenvalue weighted by Gasteiger charge is 2.25. The normalized spacial score (nSPS) is 13.6. The summed E-state index contributed by atoms with van der Waals surface area (Å²) in [6.07, 6.45) is 2.12. The van der Waals surface area contributed by atoms with E-state index in [1.54, 1.807) is 13.0 Å². The molecule has 0 spiro atoms. The zero-order valence-electron chi connectivity index (χ0n) is 11.3. The molecule has 1 rings (SSSR count). The van der Waals surface area contributed by atoms with Crippen molar-refractivity contribution in [1.82, 2.24) is 9.88 Å². The molecule has 2 unspecified atom stereocenters. The number of amides is 1. The van der Waals surface area contributed by atoms with E-state index >= 15 is 0 Å². The smallest absolute Gasteiger partial charge is 0.326 e. The first-order valence-electron chi connectivity index (χ1n) is 6.23. The molecule has 7 heteroatoms. The second-order valence-electron chi connectivity index (χ2n) is 4.58. The molecule has 1 heterocycles. The van der Waals surface area contributed by atoms with Crippen LogP contribution in [0, 0.1) is 5.92 Å². The molecule has 0 radical (unpaired) electrons. The number of nitrogens with one attached hydrogen (secondary N) is 1. The Bertz CT molecular complexity index is 556. The summed E-state index contributed by atoms with van der Waals surface area (Å²) in [4.78, 5) is 34.5. The van der Waals surface area contributed by atoms with Gasteiger partial charge in [0.05, 0.1) is 0 Å². The zero-order chi connectivity index (χ0) is 15.3. The number of carboxylic acid groups (broad SMARTS) is 1. The van der Waals surface area contributed by atoms with Gasteiger partial charge < -0.3 is 15.0 Å². The molecule has 0 aliphatic carbocycles. The average molecular weight is 345 g/mol. The summed E-state index contributed by atoms with van der Waals surface area (Å²) in [5.74, 6) is -1.76. The van der Waals surface area contributed by atoms with Gasteiger partial charge in [-0.1, -0.05) is 20.3 Å². The fourth-order valence-corrected chi connectivity index (χ4v) is 2.06. The van der Waals surface area contributed by atoms with E-state index in [0.29, 0.717) is 10.9 Å². The van der Waals surface area contributed by atoms with E-state index in [2.05, 4.69) is 21.2 Å². The molecule has 0 saturated carbocycles. The van der Waals surface area contributed by atoms with Crippen molar-refractivity contribution in [3.63, 3.8) is 0 Å². The minimum Gasteiger partial charge on any atom is -0.480 e. The van der Waals surface area contributed by atoms with Crippen molar-refractivity contribution >= 4 is 27.8 Å². The molecule has 0 fully saturated rings. The Morgan fingerprint density at radius 3 is 2.65 bits per heavy atom. The molecule has 0 aliphatic rings. The topological polar surface area (TPSA) is 88.4 Å². The molecule has 1 aromatic rings. The summed E-state index contributed by atoms with van der Waals surface area (Å²) in [7, 11) is 0. The number of nitrogens with zero attached hydrogens (tertiary/aromatic N) is 1. The first-order valence-corrected chi connectivity index (χ1v) is 7.02. The summed E-state index contributed by atoms with van der Waals surface area (Å²) in [6.45, 7) is 3.40. The number of aromatic nitrogens is 1. The lowest BCUT2D eigenvalue weighted by molar-refractivity contribution is -0.143. The van der Waals surface area contributed by atoms with Gasteiger partial charge >= 0.3 is 5.97 Å². The summed E-state index contributed by atoms with van der Waals surface area (Å²) in [6, 6.07) is 1.96. The number of halogens is 1. The van der Waals surface area contributed by atoms with Crippen LogP contribution in [0.4, 0.5) is 0 Å². The highest BCUT2D eigenvalue weighted by Crippen LogP contribution is 2.08. The number of hydrogen-bond acceptors (Lipinski definition) is 3. The summed E-state index contributed by atoms with van der Waals surface area (Å²) < 4.78 is 1.89. The van der Waals surface area contributed by atoms with Gasteiger partial charge in [-0.2, -0.15) is 0 Å². The highest BCUT2D eigenvalue weighted by atomic mass is 79.9. The van der Waals surface area contributed by atoms with Gasteiger partial charge in [-0.15, -0.1) is 0 Å². The molecule has 2 N–H and O–H groups in total. The van der Waals surface area contributed by atoms with Crippen LogP contribution in [-0.2, 0) is 16.1 Å². The lowest BCUT2D eigenvalue weighted by atomic mass is 9.99. The van der Waals surface area contributed by atoms with Crippen LogP contribution in [0.25, 0.3) is 0 Å². The summed E-state index contributed by atoms with van der Waals surface area (Å²) >= 11 is 3.21. The van der Waals surface area contributed by atoms with Gasteiger partial charge in [0, 0.05) is 16.7 Å². The van der Waals surface area contributed by atoms with E-state index in [4.69, 9.17) is 5.11 Å². The second kappa shape index (κ2) is 7.23. The maximum atomic E-state index is 11.9. The number of carbonyl (C=O) groups is 2. The zero-order valence-corrected chi connectivity index (χ0v) is 12.9. The monoisotopic (exact) mass is 344 g/mol. The molecule has 0 aromatic carbocycles. The number of aliphatic carboxylic acids is 1. The molecule has 0 saturated heterocycles. The third-order valence-electron chi connectivity index (χ3n) is 3.06. The second-order valence-corrected chi connectivity index (χ2v) is 5.50. The predicted molar refractivity (Wildman–Crippen MR) is 77.4 cm³/mol. The van der Waals surface area contributed by atoms with Gasteiger partial charge in [-0.25, -0.2) is 4.79 Å². The number of pyridine rings is 1. The SMILES string of the molecule is CCC(C)C(NC(=O)Cn1cc(Br)ccc1=O)C(=O)O. The first-order chi connectivity index (χ1) is 9.35. The third-order valence-corrected chi connectivity index (χ3v) is 3.53. The Kier molecular flexibility index (Phi) is 5.94. The molecular formula is C13H17BrN2O4. The van der Waals surface area contributed by atoms with Crippen molar-refractivity contribution in [2.75, 3.05) is 0 Å². The minimum atomic E-state index is -1.07. The lowest BCUT2D eigenvalue weighted by Gasteiger charge is -2.20. The van der Waals surface area contributed by atoms with E-state index in [0.717, 1.165) is 0 Å². The van der Waals surface area contributed by atoms with Gasteiger partial charge in [0.1, 0.15) is 12.6 Å². The lowest BCUT2D eigenvalue weighted by Crippen LogP contribution is -2.46. The number of carboxylic acids is 1. The van der Waals surface area contributed by atoms with Crippen molar-refractivity contribution in [1.29, 1.82) is 0 Å². The van der Waals surface area contributed by atoms with Gasteiger partial charge in [-0.05, 0) is 27.9 Å². The van der Waals surface area contributed by atoms with Gasteiger partial charge in [-0.3, -0.25) is 9.59 Å². The summed E-state index contributed by atoms with van der Waals surface area (Å²) in [5.41, 5.74) is -0.321. The maximum Gasteiger partial charge on any atom is 0.326 e. The van der Waals surface area contributed by atoms with E-state index in [1.807, 2.05) is 6.92 Å². The Balaban J connectivity index is 2.78. The first kappa shape index (κ1) is 16.4. The minimum absolute atomic E-state index is 0.185. The van der Waals surface area contributed by atoms with Crippen molar-refractivity contribution in [3.05, 3.63) is 33.2 Å². The quantitative estimate of drug-likeness (QED) is 0.812. The van der Waals surface area contributed by atoms with Crippen LogP contribution in [0.3, 0.4) is 0 Å². The number of carbonyl (C=O) groups excluding carboxylic acids is 1. The van der Waals surface area contributed by atoms with Gasteiger partial charge in [0.25, 0.3) is 5.56 Å². The third kappa shape index (κ3) is 4.48. The van der Waals surface area contributed by atoms with Crippen LogP contribution in [0.2, 0.25) is 0 Å². The largest absolute Gasteiger partial charge is 0.480 e.